The Morgan fingerprint density at radius 3 is 3.00 bits per heavy atom. The number of nitrogens with one attached hydrogen (secondary N) is 2. The zero-order valence-corrected chi connectivity index (χ0v) is 13.0. The molecule has 0 spiro atoms. The van der Waals surface area contributed by atoms with Crippen molar-refractivity contribution in [3.05, 3.63) is 33.9 Å². The molecule has 7 heteroatoms. The first-order chi connectivity index (χ1) is 10.5. The second-order valence-electron chi connectivity index (χ2n) is 5.64. The number of nitro benzene ring substituents is 1. The summed E-state index contributed by atoms with van der Waals surface area (Å²) in [5, 5.41) is 16.9. The van der Waals surface area contributed by atoms with Crippen molar-refractivity contribution < 1.29 is 9.72 Å². The molecule has 22 heavy (non-hydrogen) atoms. The summed E-state index contributed by atoms with van der Waals surface area (Å²) in [5.41, 5.74) is 1.30. The molecule has 1 aromatic carbocycles. The van der Waals surface area contributed by atoms with Crippen molar-refractivity contribution in [1.29, 1.82) is 0 Å². The molecule has 2 rings (SSSR count). The topological polar surface area (TPSA) is 87.5 Å². The minimum absolute atomic E-state index is 0.0170. The first kappa shape index (κ1) is 16.4. The van der Waals surface area contributed by atoms with Crippen molar-refractivity contribution in [2.75, 3.05) is 31.5 Å². The third-order valence-corrected chi connectivity index (χ3v) is 3.97. The van der Waals surface area contributed by atoms with E-state index in [4.69, 9.17) is 0 Å². The SMILES string of the molecule is Cc1ccc([N+](=O)[O-])cc1NC(=O)CCN1CCNC[C@H]1C. The number of benzene rings is 1. The van der Waals surface area contributed by atoms with Crippen LogP contribution in [0.2, 0.25) is 0 Å². The molecule has 1 aliphatic rings. The van der Waals surface area contributed by atoms with Gasteiger partial charge in [-0.3, -0.25) is 19.8 Å². The number of hydrogen-bond donors (Lipinski definition) is 2. The number of carbonyl (C=O) groups excluding carboxylic acids is 1. The van der Waals surface area contributed by atoms with Gasteiger partial charge in [0.15, 0.2) is 0 Å². The third-order valence-electron chi connectivity index (χ3n) is 3.97. The molecule has 0 saturated carbocycles. The first-order valence-electron chi connectivity index (χ1n) is 7.47. The molecule has 0 aliphatic carbocycles. The molecule has 0 radical (unpaired) electrons. The highest BCUT2D eigenvalue weighted by atomic mass is 16.6. The first-order valence-corrected chi connectivity index (χ1v) is 7.47. The van der Waals surface area contributed by atoms with Crippen LogP contribution < -0.4 is 10.6 Å². The lowest BCUT2D eigenvalue weighted by Crippen LogP contribution is -2.50. The van der Waals surface area contributed by atoms with Crippen LogP contribution in [0.25, 0.3) is 0 Å². The van der Waals surface area contributed by atoms with Crippen LogP contribution in [0.3, 0.4) is 0 Å². The summed E-state index contributed by atoms with van der Waals surface area (Å²) in [4.78, 5) is 24.7. The fourth-order valence-electron chi connectivity index (χ4n) is 2.53. The van der Waals surface area contributed by atoms with E-state index >= 15 is 0 Å². The number of rotatable bonds is 5. The van der Waals surface area contributed by atoms with E-state index in [0.717, 1.165) is 25.2 Å². The molecule has 1 amide bonds. The van der Waals surface area contributed by atoms with Gasteiger partial charge in [0.1, 0.15) is 0 Å². The molecule has 0 bridgehead atoms. The summed E-state index contributed by atoms with van der Waals surface area (Å²) in [6, 6.07) is 4.90. The molecule has 1 heterocycles. The average molecular weight is 306 g/mol. The van der Waals surface area contributed by atoms with E-state index < -0.39 is 4.92 Å². The Labute approximate surface area is 129 Å². The zero-order valence-electron chi connectivity index (χ0n) is 13.0. The quantitative estimate of drug-likeness (QED) is 0.636. The van der Waals surface area contributed by atoms with Crippen molar-refractivity contribution in [2.45, 2.75) is 26.3 Å². The molecule has 1 saturated heterocycles. The number of nitro groups is 1. The number of aryl methyl sites for hydroxylation is 1. The lowest BCUT2D eigenvalue weighted by atomic mass is 10.1. The molecule has 0 aromatic heterocycles. The van der Waals surface area contributed by atoms with Crippen molar-refractivity contribution in [1.82, 2.24) is 10.2 Å². The van der Waals surface area contributed by atoms with Crippen LogP contribution in [0.15, 0.2) is 18.2 Å². The Kier molecular flexibility index (Phi) is 5.46. The number of amides is 1. The van der Waals surface area contributed by atoms with E-state index in [-0.39, 0.29) is 11.6 Å². The Balaban J connectivity index is 1.91. The van der Waals surface area contributed by atoms with Crippen molar-refractivity contribution in [3.63, 3.8) is 0 Å². The summed E-state index contributed by atoms with van der Waals surface area (Å²) < 4.78 is 0. The Hall–Kier alpha value is -1.99. The third kappa shape index (κ3) is 4.25. The lowest BCUT2D eigenvalue weighted by Gasteiger charge is -2.33. The number of nitrogens with zero attached hydrogens (tertiary/aromatic N) is 2. The fourth-order valence-corrected chi connectivity index (χ4v) is 2.53. The van der Waals surface area contributed by atoms with Gasteiger partial charge in [0.05, 0.1) is 10.6 Å². The van der Waals surface area contributed by atoms with Gasteiger partial charge in [-0.15, -0.1) is 0 Å². The van der Waals surface area contributed by atoms with E-state index in [9.17, 15) is 14.9 Å². The van der Waals surface area contributed by atoms with Crippen LogP contribution in [0.4, 0.5) is 11.4 Å². The van der Waals surface area contributed by atoms with Crippen molar-refractivity contribution in [2.24, 2.45) is 0 Å². The Bertz CT molecular complexity index is 562. The highest BCUT2D eigenvalue weighted by Gasteiger charge is 2.18. The van der Waals surface area contributed by atoms with E-state index in [1.165, 1.54) is 12.1 Å². The van der Waals surface area contributed by atoms with Crippen LogP contribution in [-0.2, 0) is 4.79 Å². The van der Waals surface area contributed by atoms with Gasteiger partial charge >= 0.3 is 0 Å². The largest absolute Gasteiger partial charge is 0.326 e. The molecule has 1 atom stereocenters. The van der Waals surface area contributed by atoms with E-state index in [1.54, 1.807) is 6.07 Å². The normalized spacial score (nSPS) is 18.9. The van der Waals surface area contributed by atoms with Crippen LogP contribution >= 0.6 is 0 Å². The van der Waals surface area contributed by atoms with E-state index in [0.29, 0.717) is 24.7 Å². The van der Waals surface area contributed by atoms with Gasteiger partial charge in [0.2, 0.25) is 5.91 Å². The predicted octanol–water partition coefficient (Wildman–Crippen LogP) is 1.53. The molecule has 2 N–H and O–H groups in total. The van der Waals surface area contributed by atoms with Crippen LogP contribution in [0.5, 0.6) is 0 Å². The second kappa shape index (κ2) is 7.33. The maximum absolute atomic E-state index is 12.1. The van der Waals surface area contributed by atoms with Gasteiger partial charge < -0.3 is 10.6 Å². The molecular weight excluding hydrogens is 284 g/mol. The summed E-state index contributed by atoms with van der Waals surface area (Å²) in [7, 11) is 0. The summed E-state index contributed by atoms with van der Waals surface area (Å²) >= 11 is 0. The smallest absolute Gasteiger partial charge is 0.271 e. The highest BCUT2D eigenvalue weighted by Crippen LogP contribution is 2.22. The van der Waals surface area contributed by atoms with E-state index in [2.05, 4.69) is 22.5 Å². The van der Waals surface area contributed by atoms with Crippen LogP contribution in [0, 0.1) is 17.0 Å². The van der Waals surface area contributed by atoms with Gasteiger partial charge in [-0.1, -0.05) is 6.07 Å². The zero-order chi connectivity index (χ0) is 16.1. The molecule has 1 aromatic rings. The molecule has 0 unspecified atom stereocenters. The summed E-state index contributed by atoms with van der Waals surface area (Å²) in [6.07, 6.45) is 0.381. The summed E-state index contributed by atoms with van der Waals surface area (Å²) in [5.74, 6) is -0.116. The number of carbonyl (C=O) groups is 1. The van der Waals surface area contributed by atoms with Crippen LogP contribution in [-0.4, -0.2) is 48.0 Å². The van der Waals surface area contributed by atoms with E-state index in [1.807, 2.05) is 6.92 Å². The number of piperazine rings is 1. The van der Waals surface area contributed by atoms with Gasteiger partial charge in [-0.2, -0.15) is 0 Å². The predicted molar refractivity (Wildman–Crippen MR) is 85.0 cm³/mol. The van der Waals surface area contributed by atoms with Crippen molar-refractivity contribution >= 4 is 17.3 Å². The summed E-state index contributed by atoms with van der Waals surface area (Å²) in [6.45, 7) is 7.46. The maximum atomic E-state index is 12.1. The van der Waals surface area contributed by atoms with Crippen molar-refractivity contribution in [3.8, 4) is 0 Å². The number of non-ortho nitro benzene ring substituents is 1. The minimum atomic E-state index is -0.461. The highest BCUT2D eigenvalue weighted by molar-refractivity contribution is 5.92. The van der Waals surface area contributed by atoms with Gasteiger partial charge in [0, 0.05) is 50.8 Å². The standard InChI is InChI=1S/C15H22N4O3/c1-11-3-4-13(19(21)22)9-14(11)17-15(20)5-7-18-8-6-16-10-12(18)2/h3-4,9,12,16H,5-8,10H2,1-2H3,(H,17,20)/t12-/m1/s1. The fraction of sp³-hybridized carbons (Fsp3) is 0.533. The minimum Gasteiger partial charge on any atom is -0.326 e. The second-order valence-corrected chi connectivity index (χ2v) is 5.64. The van der Waals surface area contributed by atoms with Crippen LogP contribution in [0.1, 0.15) is 18.9 Å². The average Bonchev–Trinajstić information content (AvgIpc) is 2.48. The Morgan fingerprint density at radius 2 is 2.32 bits per heavy atom. The molecule has 7 nitrogen and oxygen atoms in total. The maximum Gasteiger partial charge on any atom is 0.271 e. The van der Waals surface area contributed by atoms with Gasteiger partial charge in [-0.25, -0.2) is 0 Å². The molecule has 1 fully saturated rings. The van der Waals surface area contributed by atoms with Gasteiger partial charge in [0.25, 0.3) is 5.69 Å². The number of hydrogen-bond acceptors (Lipinski definition) is 5. The molecule has 1 aliphatic heterocycles. The number of anilines is 1. The molecule has 120 valence electrons. The lowest BCUT2D eigenvalue weighted by molar-refractivity contribution is -0.384. The molecular formula is C15H22N4O3. The van der Waals surface area contributed by atoms with Gasteiger partial charge in [-0.05, 0) is 19.4 Å². The Morgan fingerprint density at radius 1 is 1.55 bits per heavy atom. The monoisotopic (exact) mass is 306 g/mol.